The van der Waals surface area contributed by atoms with Crippen molar-refractivity contribution in [3.8, 4) is 0 Å². The fourth-order valence-corrected chi connectivity index (χ4v) is 1.46. The van der Waals surface area contributed by atoms with Crippen LogP contribution in [0.25, 0.3) is 0 Å². The molecule has 0 spiro atoms. The molecule has 0 saturated carbocycles. The first-order chi connectivity index (χ1) is 10.5. The Morgan fingerprint density at radius 2 is 1.32 bits per heavy atom. The van der Waals surface area contributed by atoms with Gasteiger partial charge < -0.3 is 26.7 Å². The summed E-state index contributed by atoms with van der Waals surface area (Å²) in [5.41, 5.74) is 15.0. The molecule has 0 aliphatic carbocycles. The minimum absolute atomic E-state index is 0.0876. The Balaban J connectivity index is 0.000000409. The van der Waals surface area contributed by atoms with E-state index in [2.05, 4.69) is 0 Å². The van der Waals surface area contributed by atoms with Crippen LogP contribution in [-0.2, 0) is 22.2 Å². The van der Waals surface area contributed by atoms with E-state index in [0.717, 1.165) is 6.07 Å². The van der Waals surface area contributed by atoms with Gasteiger partial charge >= 0.3 is 6.18 Å². The SMILES string of the molecule is NCCOCCOCCN.NCc1ccccc1C(F)(F)F. The van der Waals surface area contributed by atoms with Crippen molar-refractivity contribution in [2.45, 2.75) is 12.7 Å². The lowest BCUT2D eigenvalue weighted by atomic mass is 10.1. The monoisotopic (exact) mass is 323 g/mol. The first kappa shape index (κ1) is 20.8. The molecule has 6 N–H and O–H groups in total. The number of alkyl halides is 3. The number of hydrogen-bond donors (Lipinski definition) is 3. The van der Waals surface area contributed by atoms with Gasteiger partial charge in [-0.15, -0.1) is 0 Å². The largest absolute Gasteiger partial charge is 0.416 e. The Bertz CT molecular complexity index is 382. The standard InChI is InChI=1S/C8H8F3N.C6H16N2O2/c9-8(10,11)7-4-2-1-3-6(7)5-12;7-1-3-9-5-6-10-4-2-8/h1-4H,5,12H2;1-8H2. The molecule has 0 radical (unpaired) electrons. The molecule has 0 aliphatic rings. The van der Waals surface area contributed by atoms with Crippen LogP contribution >= 0.6 is 0 Å². The fourth-order valence-electron chi connectivity index (χ4n) is 1.46. The van der Waals surface area contributed by atoms with Gasteiger partial charge in [0.15, 0.2) is 0 Å². The van der Waals surface area contributed by atoms with Gasteiger partial charge in [-0.05, 0) is 11.6 Å². The Hall–Kier alpha value is -1.19. The predicted octanol–water partition coefficient (Wildman–Crippen LogP) is 1.10. The van der Waals surface area contributed by atoms with Crippen molar-refractivity contribution in [3.63, 3.8) is 0 Å². The zero-order valence-electron chi connectivity index (χ0n) is 12.4. The van der Waals surface area contributed by atoms with Gasteiger partial charge in [-0.1, -0.05) is 18.2 Å². The number of nitrogens with two attached hydrogens (primary N) is 3. The van der Waals surface area contributed by atoms with Gasteiger partial charge in [-0.25, -0.2) is 0 Å². The van der Waals surface area contributed by atoms with E-state index in [4.69, 9.17) is 26.7 Å². The van der Waals surface area contributed by atoms with Crippen LogP contribution in [0.2, 0.25) is 0 Å². The summed E-state index contributed by atoms with van der Waals surface area (Å²) >= 11 is 0. The summed E-state index contributed by atoms with van der Waals surface area (Å²) in [6, 6.07) is 5.30. The highest BCUT2D eigenvalue weighted by atomic mass is 19.4. The van der Waals surface area contributed by atoms with Gasteiger partial charge in [0.05, 0.1) is 32.0 Å². The Morgan fingerprint density at radius 1 is 0.818 bits per heavy atom. The summed E-state index contributed by atoms with van der Waals surface area (Å²) in [7, 11) is 0. The van der Waals surface area contributed by atoms with Crippen molar-refractivity contribution < 1.29 is 22.6 Å². The van der Waals surface area contributed by atoms with Crippen molar-refractivity contribution >= 4 is 0 Å². The van der Waals surface area contributed by atoms with Gasteiger partial charge in [0.25, 0.3) is 0 Å². The first-order valence-corrected chi connectivity index (χ1v) is 6.88. The number of benzene rings is 1. The molecule has 1 aromatic rings. The van der Waals surface area contributed by atoms with E-state index >= 15 is 0 Å². The third kappa shape index (κ3) is 9.69. The molecule has 0 atom stereocenters. The van der Waals surface area contributed by atoms with E-state index in [9.17, 15) is 13.2 Å². The molecule has 0 amide bonds. The second kappa shape index (κ2) is 12.4. The Kier molecular flexibility index (Phi) is 11.7. The maximum absolute atomic E-state index is 12.2. The van der Waals surface area contributed by atoms with Crippen LogP contribution in [0.1, 0.15) is 11.1 Å². The van der Waals surface area contributed by atoms with E-state index in [0.29, 0.717) is 39.5 Å². The van der Waals surface area contributed by atoms with Gasteiger partial charge in [0, 0.05) is 19.6 Å². The van der Waals surface area contributed by atoms with Crippen LogP contribution in [0, 0.1) is 0 Å². The van der Waals surface area contributed by atoms with E-state index in [-0.39, 0.29) is 12.1 Å². The van der Waals surface area contributed by atoms with Crippen LogP contribution in [0.15, 0.2) is 24.3 Å². The number of ether oxygens (including phenoxy) is 2. The number of rotatable bonds is 8. The summed E-state index contributed by atoms with van der Waals surface area (Å²) in [5.74, 6) is 0. The van der Waals surface area contributed by atoms with E-state index in [1.165, 1.54) is 18.2 Å². The van der Waals surface area contributed by atoms with Crippen molar-refractivity contribution in [3.05, 3.63) is 35.4 Å². The molecular formula is C14H24F3N3O2. The molecule has 8 heteroatoms. The van der Waals surface area contributed by atoms with Crippen molar-refractivity contribution in [2.24, 2.45) is 17.2 Å². The minimum atomic E-state index is -4.30. The Labute approximate surface area is 128 Å². The van der Waals surface area contributed by atoms with E-state index < -0.39 is 11.7 Å². The summed E-state index contributed by atoms with van der Waals surface area (Å²) in [5, 5.41) is 0. The fraction of sp³-hybridized carbons (Fsp3) is 0.571. The highest BCUT2D eigenvalue weighted by Crippen LogP contribution is 2.31. The van der Waals surface area contributed by atoms with Gasteiger partial charge in [-0.3, -0.25) is 0 Å². The molecule has 22 heavy (non-hydrogen) atoms. The van der Waals surface area contributed by atoms with Crippen molar-refractivity contribution in [1.82, 2.24) is 0 Å². The summed E-state index contributed by atoms with van der Waals surface area (Å²) in [4.78, 5) is 0. The lowest BCUT2D eigenvalue weighted by Gasteiger charge is -2.10. The third-order valence-corrected chi connectivity index (χ3v) is 2.44. The second-order valence-corrected chi connectivity index (χ2v) is 4.16. The smallest absolute Gasteiger partial charge is 0.378 e. The molecule has 0 aromatic heterocycles. The number of halogens is 3. The molecule has 1 rings (SSSR count). The highest BCUT2D eigenvalue weighted by molar-refractivity contribution is 5.29. The van der Waals surface area contributed by atoms with Gasteiger partial charge in [-0.2, -0.15) is 13.2 Å². The molecule has 0 unspecified atom stereocenters. The molecular weight excluding hydrogens is 299 g/mol. The maximum atomic E-state index is 12.2. The molecule has 0 aliphatic heterocycles. The summed E-state index contributed by atoms with van der Waals surface area (Å²) < 4.78 is 46.6. The van der Waals surface area contributed by atoms with Crippen LogP contribution < -0.4 is 17.2 Å². The third-order valence-electron chi connectivity index (χ3n) is 2.44. The lowest BCUT2D eigenvalue weighted by Crippen LogP contribution is -2.14. The zero-order chi connectivity index (χ0) is 16.8. The van der Waals surface area contributed by atoms with E-state index in [1.807, 2.05) is 0 Å². The predicted molar refractivity (Wildman–Crippen MR) is 79.1 cm³/mol. The highest BCUT2D eigenvalue weighted by Gasteiger charge is 2.32. The lowest BCUT2D eigenvalue weighted by molar-refractivity contribution is -0.138. The maximum Gasteiger partial charge on any atom is 0.416 e. The van der Waals surface area contributed by atoms with Crippen LogP contribution in [0.3, 0.4) is 0 Å². The van der Waals surface area contributed by atoms with E-state index in [1.54, 1.807) is 0 Å². The number of hydrogen-bond acceptors (Lipinski definition) is 5. The minimum Gasteiger partial charge on any atom is -0.378 e. The Morgan fingerprint density at radius 3 is 1.68 bits per heavy atom. The van der Waals surface area contributed by atoms with Crippen molar-refractivity contribution in [1.29, 1.82) is 0 Å². The quantitative estimate of drug-likeness (QED) is 0.623. The first-order valence-electron chi connectivity index (χ1n) is 6.88. The topological polar surface area (TPSA) is 96.5 Å². The molecule has 0 heterocycles. The molecule has 0 bridgehead atoms. The molecule has 5 nitrogen and oxygen atoms in total. The molecule has 0 fully saturated rings. The molecule has 128 valence electrons. The van der Waals surface area contributed by atoms with Crippen molar-refractivity contribution in [2.75, 3.05) is 39.5 Å². The second-order valence-electron chi connectivity index (χ2n) is 4.16. The molecule has 1 aromatic carbocycles. The van der Waals surface area contributed by atoms with Crippen LogP contribution in [0.5, 0.6) is 0 Å². The average Bonchev–Trinajstić information content (AvgIpc) is 2.50. The zero-order valence-corrected chi connectivity index (χ0v) is 12.4. The summed E-state index contributed by atoms with van der Waals surface area (Å²) in [6.45, 7) is 3.47. The summed E-state index contributed by atoms with van der Waals surface area (Å²) in [6.07, 6.45) is -4.30. The normalized spacial score (nSPS) is 11.0. The van der Waals surface area contributed by atoms with Crippen LogP contribution in [-0.4, -0.2) is 39.5 Å². The average molecular weight is 323 g/mol. The van der Waals surface area contributed by atoms with Gasteiger partial charge in [0.2, 0.25) is 0 Å². The molecule has 0 saturated heterocycles. The van der Waals surface area contributed by atoms with Gasteiger partial charge in [0.1, 0.15) is 0 Å². The van der Waals surface area contributed by atoms with Crippen LogP contribution in [0.4, 0.5) is 13.2 Å².